The summed E-state index contributed by atoms with van der Waals surface area (Å²) in [6.45, 7) is 5.62. The van der Waals surface area contributed by atoms with Gasteiger partial charge < -0.3 is 23.8 Å². The second kappa shape index (κ2) is 18.6. The molecule has 0 spiro atoms. The predicted molar refractivity (Wildman–Crippen MR) is 157 cm³/mol. The van der Waals surface area contributed by atoms with E-state index < -0.39 is 32.7 Å². The van der Waals surface area contributed by atoms with E-state index >= 15 is 0 Å². The molecule has 2 aromatic carbocycles. The predicted octanol–water partition coefficient (Wildman–Crippen LogP) is 3.93. The maximum absolute atomic E-state index is 11.9. The van der Waals surface area contributed by atoms with E-state index in [2.05, 4.69) is 35.4 Å². The zero-order valence-corrected chi connectivity index (χ0v) is 24.7. The summed E-state index contributed by atoms with van der Waals surface area (Å²) in [5, 5.41) is 5.37. The van der Waals surface area contributed by atoms with Crippen molar-refractivity contribution in [2.75, 3.05) is 20.2 Å². The van der Waals surface area contributed by atoms with Gasteiger partial charge in [-0.2, -0.15) is 0 Å². The van der Waals surface area contributed by atoms with Crippen LogP contribution < -0.4 is 14.9 Å². The fourth-order valence-electron chi connectivity index (χ4n) is 3.50. The van der Waals surface area contributed by atoms with Gasteiger partial charge in [0.25, 0.3) is 0 Å². The number of para-hydroxylation sites is 1. The second-order valence-electron chi connectivity index (χ2n) is 9.13. The van der Waals surface area contributed by atoms with Crippen molar-refractivity contribution in [1.82, 2.24) is 15.3 Å². The van der Waals surface area contributed by atoms with Crippen LogP contribution in [0.25, 0.3) is 0 Å². The van der Waals surface area contributed by atoms with E-state index in [4.69, 9.17) is 24.9 Å². The third-order valence-corrected chi connectivity index (χ3v) is 6.61. The Balaban J connectivity index is 0.000000729. The molecule has 0 aromatic heterocycles. The first-order valence-electron chi connectivity index (χ1n) is 13.1. The fraction of sp³-hybridized carbons (Fsp3) is 0.367. The molecule has 2 N–H and O–H groups in total. The summed E-state index contributed by atoms with van der Waals surface area (Å²) < 4.78 is 22.8. The first-order valence-corrected chi connectivity index (χ1v) is 14.3. The number of esters is 1. The van der Waals surface area contributed by atoms with Gasteiger partial charge in [-0.1, -0.05) is 60.0 Å². The molecule has 1 heterocycles. The SMILES string of the molecule is C#CC1CC(COP(NCC(=O)OC(C)C)Oc2ccccc2)OC1N(C=O)/C=C\C(=O)NC.Cc1ccccc1. The minimum Gasteiger partial charge on any atom is -0.462 e. The van der Waals surface area contributed by atoms with Gasteiger partial charge in [-0.3, -0.25) is 19.3 Å². The zero-order chi connectivity index (χ0) is 30.0. The number of hydrogen-bond acceptors (Lipinski definition) is 8. The topological polar surface area (TPSA) is 115 Å². The molecule has 0 saturated carbocycles. The number of nitrogens with zero attached hydrogens (tertiary/aromatic N) is 1. The number of ether oxygens (including phenoxy) is 2. The van der Waals surface area contributed by atoms with Crippen LogP contribution in [0.1, 0.15) is 25.8 Å². The minimum atomic E-state index is -1.71. The molecule has 0 bridgehead atoms. The van der Waals surface area contributed by atoms with Gasteiger partial charge in [0, 0.05) is 19.3 Å². The van der Waals surface area contributed by atoms with Crippen LogP contribution in [-0.4, -0.2) is 61.8 Å². The lowest BCUT2D eigenvalue weighted by Crippen LogP contribution is -2.35. The van der Waals surface area contributed by atoms with Crippen LogP contribution in [0.4, 0.5) is 0 Å². The van der Waals surface area contributed by atoms with Crippen molar-refractivity contribution in [3.63, 3.8) is 0 Å². The Bertz CT molecular complexity index is 1140. The van der Waals surface area contributed by atoms with Crippen LogP contribution in [0.3, 0.4) is 0 Å². The number of carbonyl (C=O) groups is 3. The molecule has 11 heteroatoms. The molecular formula is C30H38N3O7P. The van der Waals surface area contributed by atoms with Crippen LogP contribution in [0.5, 0.6) is 5.75 Å². The Hall–Kier alpha value is -3.74. The van der Waals surface area contributed by atoms with Crippen molar-refractivity contribution in [3.05, 3.63) is 78.5 Å². The first-order chi connectivity index (χ1) is 19.7. The number of aryl methyl sites for hydroxylation is 1. The highest BCUT2D eigenvalue weighted by Gasteiger charge is 2.38. The van der Waals surface area contributed by atoms with Gasteiger partial charge >= 0.3 is 14.5 Å². The number of hydrogen-bond donors (Lipinski definition) is 2. The Morgan fingerprint density at radius 2 is 1.83 bits per heavy atom. The Morgan fingerprint density at radius 3 is 2.37 bits per heavy atom. The third-order valence-electron chi connectivity index (χ3n) is 5.44. The summed E-state index contributed by atoms with van der Waals surface area (Å²) >= 11 is 0. The molecule has 1 aliphatic heterocycles. The molecule has 3 rings (SSSR count). The third kappa shape index (κ3) is 13.0. The van der Waals surface area contributed by atoms with Gasteiger partial charge in [0.15, 0.2) is 0 Å². The summed E-state index contributed by atoms with van der Waals surface area (Å²) in [5.41, 5.74) is 1.32. The van der Waals surface area contributed by atoms with E-state index in [1.54, 1.807) is 26.0 Å². The molecule has 41 heavy (non-hydrogen) atoms. The van der Waals surface area contributed by atoms with E-state index in [-0.39, 0.29) is 25.2 Å². The highest BCUT2D eigenvalue weighted by Crippen LogP contribution is 2.37. The number of benzene rings is 2. The van der Waals surface area contributed by atoms with E-state index in [1.807, 2.05) is 36.4 Å². The normalized spacial score (nSPS) is 18.5. The summed E-state index contributed by atoms with van der Waals surface area (Å²) in [5.74, 6) is 1.99. The average molecular weight is 584 g/mol. The number of rotatable bonds is 13. The van der Waals surface area contributed by atoms with Crippen molar-refractivity contribution in [1.29, 1.82) is 0 Å². The first kappa shape index (κ1) is 33.5. The molecule has 1 aliphatic rings. The number of likely N-dealkylation sites (N-methyl/N-ethyl adjacent to an activating group) is 1. The van der Waals surface area contributed by atoms with E-state index in [1.165, 1.54) is 29.8 Å². The average Bonchev–Trinajstić information content (AvgIpc) is 3.38. The molecule has 10 nitrogen and oxygen atoms in total. The van der Waals surface area contributed by atoms with E-state index in [9.17, 15) is 14.4 Å². The molecule has 0 aliphatic carbocycles. The van der Waals surface area contributed by atoms with Gasteiger partial charge in [0.1, 0.15) is 18.5 Å². The van der Waals surface area contributed by atoms with Crippen LogP contribution >= 0.6 is 8.53 Å². The molecule has 1 saturated heterocycles. The summed E-state index contributed by atoms with van der Waals surface area (Å²) in [6.07, 6.45) is 7.73. The van der Waals surface area contributed by atoms with Gasteiger partial charge in [0.2, 0.25) is 12.3 Å². The van der Waals surface area contributed by atoms with Gasteiger partial charge in [-0.25, -0.2) is 5.09 Å². The zero-order valence-electron chi connectivity index (χ0n) is 23.8. The molecule has 1 fully saturated rings. The van der Waals surface area contributed by atoms with E-state index in [0.29, 0.717) is 18.6 Å². The lowest BCUT2D eigenvalue weighted by Gasteiger charge is -2.24. The van der Waals surface area contributed by atoms with Crippen molar-refractivity contribution < 1.29 is 32.9 Å². The highest BCUT2D eigenvalue weighted by atomic mass is 31.2. The number of amides is 2. The second-order valence-corrected chi connectivity index (χ2v) is 10.4. The molecule has 2 amide bonds. The maximum Gasteiger partial charge on any atom is 0.320 e. The summed E-state index contributed by atoms with van der Waals surface area (Å²) in [7, 11) is -0.232. The molecule has 2 aromatic rings. The smallest absolute Gasteiger partial charge is 0.320 e. The van der Waals surface area contributed by atoms with Crippen LogP contribution in [0.15, 0.2) is 72.9 Å². The van der Waals surface area contributed by atoms with Gasteiger partial charge in [-0.15, -0.1) is 6.42 Å². The lowest BCUT2D eigenvalue weighted by molar-refractivity contribution is -0.145. The number of carbonyl (C=O) groups excluding carboxylic acids is 3. The van der Waals surface area contributed by atoms with Crippen molar-refractivity contribution in [2.45, 2.75) is 45.6 Å². The Kier molecular flexibility index (Phi) is 15.2. The number of terminal acetylenes is 1. The quantitative estimate of drug-likeness (QED) is 0.120. The Morgan fingerprint density at radius 1 is 1.17 bits per heavy atom. The fourth-order valence-corrected chi connectivity index (χ4v) is 4.58. The van der Waals surface area contributed by atoms with Crippen LogP contribution in [0.2, 0.25) is 0 Å². The number of nitrogens with one attached hydrogen (secondary N) is 2. The Labute approximate surface area is 243 Å². The van der Waals surface area contributed by atoms with E-state index in [0.717, 1.165) is 0 Å². The summed E-state index contributed by atoms with van der Waals surface area (Å²) in [4.78, 5) is 36.2. The monoisotopic (exact) mass is 583 g/mol. The minimum absolute atomic E-state index is 0.0962. The van der Waals surface area contributed by atoms with Gasteiger partial charge in [0.05, 0.1) is 24.7 Å². The van der Waals surface area contributed by atoms with Crippen molar-refractivity contribution in [3.8, 4) is 18.1 Å². The molecule has 220 valence electrons. The molecular weight excluding hydrogens is 545 g/mol. The summed E-state index contributed by atoms with van der Waals surface area (Å²) in [6, 6.07) is 19.3. The van der Waals surface area contributed by atoms with Crippen LogP contribution in [0, 0.1) is 25.2 Å². The molecule has 4 atom stereocenters. The van der Waals surface area contributed by atoms with Crippen molar-refractivity contribution in [2.24, 2.45) is 5.92 Å². The van der Waals surface area contributed by atoms with Crippen molar-refractivity contribution >= 4 is 26.8 Å². The molecule has 4 unspecified atom stereocenters. The van der Waals surface area contributed by atoms with Crippen LogP contribution in [-0.2, 0) is 28.4 Å². The lowest BCUT2D eigenvalue weighted by atomic mass is 10.0. The largest absolute Gasteiger partial charge is 0.462 e. The highest BCUT2D eigenvalue weighted by molar-refractivity contribution is 7.45. The standard InChI is InChI=1S/C23H30N3O7P.C7H8/c1-5-18-13-20(32-23(18)26(16-27)12-11-21(28)24-4)15-30-34(25-14-22(29)31-17(2)3)33-19-9-7-6-8-10-19;1-7-5-3-2-4-6-7/h1,6-12,16-18,20,23,25H,13-15H2,2-4H3,(H,24,28);2-6H,1H3/b12-11-;. The maximum atomic E-state index is 11.9. The molecule has 0 radical (unpaired) electrons. The van der Waals surface area contributed by atoms with Gasteiger partial charge in [-0.05, 0) is 39.3 Å².